The summed E-state index contributed by atoms with van der Waals surface area (Å²) in [6.07, 6.45) is 8.11. The molecule has 4 nitrogen and oxygen atoms in total. The van der Waals surface area contributed by atoms with Crippen molar-refractivity contribution >= 4 is 16.8 Å². The molecule has 31 heavy (non-hydrogen) atoms. The predicted octanol–water partition coefficient (Wildman–Crippen LogP) is 6.14. The number of para-hydroxylation sites is 1. The van der Waals surface area contributed by atoms with Gasteiger partial charge >= 0.3 is 0 Å². The Bertz CT molecular complexity index is 1130. The smallest absolute Gasteiger partial charge is 0.252 e. The Morgan fingerprint density at radius 2 is 1.74 bits per heavy atom. The van der Waals surface area contributed by atoms with E-state index in [9.17, 15) is 4.79 Å². The average Bonchev–Trinajstić information content (AvgIpc) is 3.18. The molecule has 1 aromatic carbocycles. The first-order chi connectivity index (χ1) is 15.0. The van der Waals surface area contributed by atoms with Crippen LogP contribution in [0, 0.1) is 30.1 Å². The lowest BCUT2D eigenvalue weighted by molar-refractivity contribution is -0.0687. The number of pyridine rings is 1. The number of rotatable bonds is 4. The first kappa shape index (κ1) is 19.1. The van der Waals surface area contributed by atoms with E-state index in [-0.39, 0.29) is 17.4 Å². The average molecular weight is 415 g/mol. The van der Waals surface area contributed by atoms with E-state index in [1.165, 1.54) is 38.5 Å². The van der Waals surface area contributed by atoms with Gasteiger partial charge in [-0.2, -0.15) is 0 Å². The van der Waals surface area contributed by atoms with Crippen LogP contribution in [0.15, 0.2) is 46.9 Å². The van der Waals surface area contributed by atoms with Gasteiger partial charge in [-0.25, -0.2) is 4.98 Å². The molecule has 2 heterocycles. The molecule has 4 aliphatic carbocycles. The zero-order valence-corrected chi connectivity index (χ0v) is 18.4. The van der Waals surface area contributed by atoms with Crippen LogP contribution in [0.2, 0.25) is 0 Å². The molecule has 4 heteroatoms. The van der Waals surface area contributed by atoms with Crippen LogP contribution in [0.1, 0.15) is 61.6 Å². The number of carbonyl (C=O) groups is 1. The summed E-state index contributed by atoms with van der Waals surface area (Å²) in [7, 11) is 0. The van der Waals surface area contributed by atoms with Crippen LogP contribution in [0.25, 0.3) is 22.4 Å². The fourth-order valence-corrected chi connectivity index (χ4v) is 7.20. The minimum atomic E-state index is 0.00590. The summed E-state index contributed by atoms with van der Waals surface area (Å²) in [5.41, 5.74) is 2.50. The number of nitrogens with zero attached hydrogens (tertiary/aromatic N) is 1. The first-order valence-electron chi connectivity index (χ1n) is 11.8. The van der Waals surface area contributed by atoms with E-state index < -0.39 is 0 Å². The van der Waals surface area contributed by atoms with Crippen LogP contribution < -0.4 is 5.32 Å². The molecule has 4 bridgehead atoms. The summed E-state index contributed by atoms with van der Waals surface area (Å²) >= 11 is 0. The summed E-state index contributed by atoms with van der Waals surface area (Å²) in [6.45, 7) is 4.16. The van der Waals surface area contributed by atoms with Gasteiger partial charge in [-0.1, -0.05) is 18.2 Å². The molecule has 2 aromatic heterocycles. The number of nitrogens with one attached hydrogen (secondary N) is 1. The number of fused-ring (bicyclic) bond motifs is 1. The number of amides is 1. The maximum Gasteiger partial charge on any atom is 0.252 e. The predicted molar refractivity (Wildman–Crippen MR) is 122 cm³/mol. The molecule has 0 saturated heterocycles. The molecule has 3 aromatic rings. The molecule has 4 fully saturated rings. The van der Waals surface area contributed by atoms with E-state index in [4.69, 9.17) is 9.40 Å². The van der Waals surface area contributed by atoms with Gasteiger partial charge in [0.05, 0.1) is 11.1 Å². The van der Waals surface area contributed by atoms with Crippen LogP contribution >= 0.6 is 0 Å². The second kappa shape index (κ2) is 6.94. The van der Waals surface area contributed by atoms with Gasteiger partial charge in [-0.05, 0) is 99.8 Å². The van der Waals surface area contributed by atoms with Crippen LogP contribution in [0.3, 0.4) is 0 Å². The number of hydrogen-bond donors (Lipinski definition) is 1. The Labute approximate surface area is 183 Å². The van der Waals surface area contributed by atoms with Gasteiger partial charge < -0.3 is 9.73 Å². The number of hydrogen-bond acceptors (Lipinski definition) is 3. The van der Waals surface area contributed by atoms with Crippen molar-refractivity contribution in [1.82, 2.24) is 10.3 Å². The Kier molecular flexibility index (Phi) is 4.28. The fraction of sp³-hybridized carbons (Fsp3) is 0.481. The molecule has 4 saturated carbocycles. The lowest BCUT2D eigenvalue weighted by atomic mass is 9.48. The minimum absolute atomic E-state index is 0.00590. The third-order valence-electron chi connectivity index (χ3n) is 8.31. The van der Waals surface area contributed by atoms with Crippen molar-refractivity contribution in [2.75, 3.05) is 0 Å². The van der Waals surface area contributed by atoms with Crippen molar-refractivity contribution < 1.29 is 9.21 Å². The molecule has 4 aliphatic rings. The van der Waals surface area contributed by atoms with E-state index in [0.717, 1.165) is 34.4 Å². The van der Waals surface area contributed by atoms with Gasteiger partial charge in [0.25, 0.3) is 5.91 Å². The van der Waals surface area contributed by atoms with Gasteiger partial charge in [0.1, 0.15) is 11.5 Å². The van der Waals surface area contributed by atoms with Gasteiger partial charge in [-0.3, -0.25) is 4.79 Å². The topological polar surface area (TPSA) is 55.1 Å². The van der Waals surface area contributed by atoms with Gasteiger partial charge in [0.15, 0.2) is 5.76 Å². The van der Waals surface area contributed by atoms with Crippen molar-refractivity contribution in [3.8, 4) is 11.5 Å². The molecule has 1 N–H and O–H groups in total. The fourth-order valence-electron chi connectivity index (χ4n) is 7.20. The standard InChI is InChI=1S/C27H30N2O2/c1-16-7-8-25(31-16)24-12-22(21-5-3-4-6-23(21)29-24)26(30)28-17(2)27-13-18-9-19(14-27)11-20(10-18)15-27/h3-8,12,17-20H,9-11,13-15H2,1-2H3,(H,28,30). The highest BCUT2D eigenvalue weighted by Gasteiger charge is 2.53. The zero-order chi connectivity index (χ0) is 21.2. The molecule has 0 aliphatic heterocycles. The van der Waals surface area contributed by atoms with E-state index in [0.29, 0.717) is 17.0 Å². The highest BCUT2D eigenvalue weighted by molar-refractivity contribution is 6.07. The number of aryl methyl sites for hydroxylation is 1. The highest BCUT2D eigenvalue weighted by atomic mass is 16.3. The van der Waals surface area contributed by atoms with Crippen molar-refractivity contribution in [3.63, 3.8) is 0 Å². The maximum absolute atomic E-state index is 13.6. The quantitative estimate of drug-likeness (QED) is 0.558. The molecule has 1 atom stereocenters. The van der Waals surface area contributed by atoms with Crippen LogP contribution in [0.4, 0.5) is 0 Å². The van der Waals surface area contributed by atoms with E-state index in [1.807, 2.05) is 49.4 Å². The maximum atomic E-state index is 13.6. The molecule has 160 valence electrons. The minimum Gasteiger partial charge on any atom is -0.460 e. The summed E-state index contributed by atoms with van der Waals surface area (Å²) in [4.78, 5) is 18.3. The third-order valence-corrected chi connectivity index (χ3v) is 8.31. The number of carbonyl (C=O) groups excluding carboxylic acids is 1. The van der Waals surface area contributed by atoms with Crippen molar-refractivity contribution in [2.45, 2.75) is 58.4 Å². The summed E-state index contributed by atoms with van der Waals surface area (Å²) < 4.78 is 5.80. The lowest BCUT2D eigenvalue weighted by Crippen LogP contribution is -2.55. The second-order valence-electron chi connectivity index (χ2n) is 10.5. The zero-order valence-electron chi connectivity index (χ0n) is 18.4. The van der Waals surface area contributed by atoms with E-state index in [2.05, 4.69) is 12.2 Å². The Hall–Kier alpha value is -2.62. The lowest BCUT2D eigenvalue weighted by Gasteiger charge is -2.59. The number of benzene rings is 1. The number of furan rings is 1. The number of aromatic nitrogens is 1. The Morgan fingerprint density at radius 1 is 1.06 bits per heavy atom. The van der Waals surface area contributed by atoms with Crippen molar-refractivity contribution in [2.24, 2.45) is 23.2 Å². The summed E-state index contributed by atoms with van der Waals surface area (Å²) in [5, 5.41) is 4.33. The van der Waals surface area contributed by atoms with Gasteiger partial charge in [-0.15, -0.1) is 0 Å². The largest absolute Gasteiger partial charge is 0.460 e. The molecular formula is C27H30N2O2. The normalized spacial score (nSPS) is 29.9. The van der Waals surface area contributed by atoms with Crippen molar-refractivity contribution in [1.29, 1.82) is 0 Å². The summed E-state index contributed by atoms with van der Waals surface area (Å²) in [5.74, 6) is 4.17. The van der Waals surface area contributed by atoms with E-state index >= 15 is 0 Å². The van der Waals surface area contributed by atoms with E-state index in [1.54, 1.807) is 0 Å². The van der Waals surface area contributed by atoms with Crippen LogP contribution in [0.5, 0.6) is 0 Å². The monoisotopic (exact) mass is 414 g/mol. The molecular weight excluding hydrogens is 384 g/mol. The molecule has 1 amide bonds. The summed E-state index contributed by atoms with van der Waals surface area (Å²) in [6, 6.07) is 13.8. The Balaban J connectivity index is 1.33. The molecule has 0 radical (unpaired) electrons. The molecule has 7 rings (SSSR count). The van der Waals surface area contributed by atoms with Crippen LogP contribution in [-0.2, 0) is 0 Å². The SMILES string of the molecule is Cc1ccc(-c2cc(C(=O)NC(C)C34CC5CC(CC(C5)C3)C4)c3ccccc3n2)o1. The second-order valence-corrected chi connectivity index (χ2v) is 10.5. The van der Waals surface area contributed by atoms with Gasteiger partial charge in [0, 0.05) is 11.4 Å². The first-order valence-corrected chi connectivity index (χ1v) is 11.8. The third kappa shape index (κ3) is 3.19. The molecule has 0 spiro atoms. The van der Waals surface area contributed by atoms with Gasteiger partial charge in [0.2, 0.25) is 0 Å². The van der Waals surface area contributed by atoms with Crippen LogP contribution in [-0.4, -0.2) is 16.9 Å². The Morgan fingerprint density at radius 3 is 2.39 bits per heavy atom. The van der Waals surface area contributed by atoms with Crippen molar-refractivity contribution in [3.05, 3.63) is 53.8 Å². The highest BCUT2D eigenvalue weighted by Crippen LogP contribution is 2.61. The molecule has 1 unspecified atom stereocenters.